The molecule has 1 aromatic rings. The van der Waals surface area contributed by atoms with Crippen molar-refractivity contribution < 1.29 is 14.3 Å². The molecule has 0 aliphatic rings. The lowest BCUT2D eigenvalue weighted by Crippen LogP contribution is -1.87. The Morgan fingerprint density at radius 2 is 1.79 bits per heavy atom. The van der Waals surface area contributed by atoms with Gasteiger partial charge < -0.3 is 9.47 Å². The molecule has 0 bridgehead atoms. The van der Waals surface area contributed by atoms with E-state index in [9.17, 15) is 4.79 Å². The molecule has 0 spiro atoms. The molecule has 0 aromatic heterocycles. The van der Waals surface area contributed by atoms with Crippen LogP contribution in [0.4, 0.5) is 0 Å². The van der Waals surface area contributed by atoms with Gasteiger partial charge in [-0.05, 0) is 31.2 Å². The van der Waals surface area contributed by atoms with Crippen molar-refractivity contribution in [3.05, 3.63) is 36.6 Å². The van der Waals surface area contributed by atoms with Gasteiger partial charge in [0.15, 0.2) is 5.78 Å². The lowest BCUT2D eigenvalue weighted by Gasteiger charge is -2.01. The average Bonchev–Trinajstić information content (AvgIpc) is 2.18. The molecule has 3 heteroatoms. The van der Waals surface area contributed by atoms with Crippen molar-refractivity contribution in [1.82, 2.24) is 0 Å². The van der Waals surface area contributed by atoms with E-state index in [4.69, 9.17) is 9.47 Å². The van der Waals surface area contributed by atoms with Gasteiger partial charge in [0.05, 0.1) is 13.4 Å². The summed E-state index contributed by atoms with van der Waals surface area (Å²) in [6.45, 7) is 1.47. The van der Waals surface area contributed by atoms with Gasteiger partial charge in [0, 0.05) is 6.08 Å². The Hall–Kier alpha value is -1.77. The zero-order valence-electron chi connectivity index (χ0n) is 8.19. The number of rotatable bonds is 4. The van der Waals surface area contributed by atoms with Gasteiger partial charge in [-0.15, -0.1) is 0 Å². The molecule has 0 fully saturated rings. The van der Waals surface area contributed by atoms with Crippen molar-refractivity contribution in [2.45, 2.75) is 6.92 Å². The number of allylic oxidation sites excluding steroid dienone is 1. The largest absolute Gasteiger partial charge is 0.497 e. The highest BCUT2D eigenvalue weighted by Crippen LogP contribution is 2.16. The first kappa shape index (κ1) is 10.3. The molecule has 0 amide bonds. The Morgan fingerprint density at radius 1 is 1.21 bits per heavy atom. The van der Waals surface area contributed by atoms with Gasteiger partial charge in [0.25, 0.3) is 0 Å². The Morgan fingerprint density at radius 3 is 2.29 bits per heavy atom. The van der Waals surface area contributed by atoms with Gasteiger partial charge >= 0.3 is 0 Å². The normalized spacial score (nSPS) is 10.1. The molecule has 0 heterocycles. The summed E-state index contributed by atoms with van der Waals surface area (Å²) >= 11 is 0. The van der Waals surface area contributed by atoms with Crippen LogP contribution in [0.3, 0.4) is 0 Å². The molecular weight excluding hydrogens is 180 g/mol. The summed E-state index contributed by atoms with van der Waals surface area (Å²) in [7, 11) is 1.60. The number of hydrogen-bond donors (Lipinski definition) is 0. The molecule has 0 unspecified atom stereocenters. The van der Waals surface area contributed by atoms with Crippen molar-refractivity contribution in [3.63, 3.8) is 0 Å². The van der Waals surface area contributed by atoms with Gasteiger partial charge in [-0.3, -0.25) is 4.79 Å². The van der Waals surface area contributed by atoms with Crippen LogP contribution < -0.4 is 9.47 Å². The van der Waals surface area contributed by atoms with Crippen molar-refractivity contribution >= 4 is 5.78 Å². The van der Waals surface area contributed by atoms with Gasteiger partial charge in [0.2, 0.25) is 0 Å². The molecule has 1 aromatic carbocycles. The minimum absolute atomic E-state index is 0.0430. The summed E-state index contributed by atoms with van der Waals surface area (Å²) in [5, 5.41) is 0. The van der Waals surface area contributed by atoms with Crippen LogP contribution >= 0.6 is 0 Å². The smallest absolute Gasteiger partial charge is 0.155 e. The lowest BCUT2D eigenvalue weighted by atomic mass is 10.3. The summed E-state index contributed by atoms with van der Waals surface area (Å²) in [5.41, 5.74) is 0. The van der Waals surface area contributed by atoms with Crippen molar-refractivity contribution in [2.75, 3.05) is 7.11 Å². The fourth-order valence-electron chi connectivity index (χ4n) is 0.863. The van der Waals surface area contributed by atoms with Crippen LogP contribution in [0.5, 0.6) is 11.5 Å². The zero-order valence-corrected chi connectivity index (χ0v) is 8.19. The molecule has 1 rings (SSSR count). The Kier molecular flexibility index (Phi) is 3.73. The Labute approximate surface area is 83.0 Å². The third kappa shape index (κ3) is 3.31. The third-order valence-electron chi connectivity index (χ3n) is 1.57. The van der Waals surface area contributed by atoms with Crippen LogP contribution in [0.2, 0.25) is 0 Å². The lowest BCUT2D eigenvalue weighted by molar-refractivity contribution is -0.112. The van der Waals surface area contributed by atoms with E-state index >= 15 is 0 Å². The summed E-state index contributed by atoms with van der Waals surface area (Å²) < 4.78 is 10.1. The molecular formula is C11H12O3. The standard InChI is InChI=1S/C11H12O3/c1-9(12)7-8-14-11-5-3-10(13-2)4-6-11/h3-8H,1-2H3/b8-7+. The molecule has 0 aliphatic heterocycles. The second kappa shape index (κ2) is 5.07. The summed E-state index contributed by atoms with van der Waals surface area (Å²) in [6.07, 6.45) is 2.73. The first-order valence-corrected chi connectivity index (χ1v) is 4.20. The Bertz CT molecular complexity index is 325. The molecule has 0 aliphatic carbocycles. The van der Waals surface area contributed by atoms with E-state index in [0.717, 1.165) is 5.75 Å². The van der Waals surface area contributed by atoms with E-state index in [2.05, 4.69) is 0 Å². The highest BCUT2D eigenvalue weighted by molar-refractivity contribution is 5.86. The first-order chi connectivity index (χ1) is 6.72. The maximum atomic E-state index is 10.5. The van der Waals surface area contributed by atoms with Crippen molar-refractivity contribution in [2.24, 2.45) is 0 Å². The highest BCUT2D eigenvalue weighted by Gasteiger charge is 1.92. The summed E-state index contributed by atoms with van der Waals surface area (Å²) in [6, 6.07) is 7.11. The van der Waals surface area contributed by atoms with Crippen molar-refractivity contribution in [3.8, 4) is 11.5 Å². The quantitative estimate of drug-likeness (QED) is 0.541. The third-order valence-corrected chi connectivity index (χ3v) is 1.57. The Balaban J connectivity index is 2.56. The van der Waals surface area contributed by atoms with Crippen molar-refractivity contribution in [1.29, 1.82) is 0 Å². The van der Waals surface area contributed by atoms with Crippen LogP contribution in [0.15, 0.2) is 36.6 Å². The van der Waals surface area contributed by atoms with Crippen LogP contribution in [-0.4, -0.2) is 12.9 Å². The number of methoxy groups -OCH3 is 1. The predicted octanol–water partition coefficient (Wildman–Crippen LogP) is 2.18. The van der Waals surface area contributed by atoms with E-state index < -0.39 is 0 Å². The van der Waals surface area contributed by atoms with Crippen LogP contribution in [-0.2, 0) is 4.79 Å². The molecule has 0 saturated carbocycles. The summed E-state index contributed by atoms with van der Waals surface area (Å²) in [5.74, 6) is 1.40. The van der Waals surface area contributed by atoms with E-state index in [-0.39, 0.29) is 5.78 Å². The fourth-order valence-corrected chi connectivity index (χ4v) is 0.863. The maximum absolute atomic E-state index is 10.5. The van der Waals surface area contributed by atoms with E-state index in [1.54, 1.807) is 31.4 Å². The number of carbonyl (C=O) groups excluding carboxylic acids is 1. The van der Waals surface area contributed by atoms with Crippen LogP contribution in [0.1, 0.15) is 6.92 Å². The predicted molar refractivity (Wildman–Crippen MR) is 53.4 cm³/mol. The van der Waals surface area contributed by atoms with Gasteiger partial charge in [-0.1, -0.05) is 0 Å². The fraction of sp³-hybridized carbons (Fsp3) is 0.182. The highest BCUT2D eigenvalue weighted by atomic mass is 16.5. The number of hydrogen-bond acceptors (Lipinski definition) is 3. The minimum Gasteiger partial charge on any atom is -0.497 e. The number of ether oxygens (including phenoxy) is 2. The molecule has 3 nitrogen and oxygen atoms in total. The second-order valence-electron chi connectivity index (χ2n) is 2.71. The van der Waals surface area contributed by atoms with Crippen LogP contribution in [0, 0.1) is 0 Å². The number of ketones is 1. The molecule has 0 radical (unpaired) electrons. The SMILES string of the molecule is COc1ccc(O/C=C/C(C)=O)cc1. The number of carbonyl (C=O) groups is 1. The van der Waals surface area contributed by atoms with Gasteiger partial charge in [0.1, 0.15) is 11.5 Å². The average molecular weight is 192 g/mol. The van der Waals surface area contributed by atoms with E-state index in [1.165, 1.54) is 19.3 Å². The first-order valence-electron chi connectivity index (χ1n) is 4.20. The second-order valence-corrected chi connectivity index (χ2v) is 2.71. The van der Waals surface area contributed by atoms with Gasteiger partial charge in [-0.25, -0.2) is 0 Å². The number of benzene rings is 1. The minimum atomic E-state index is -0.0430. The molecule has 14 heavy (non-hydrogen) atoms. The summed E-state index contributed by atoms with van der Waals surface area (Å²) in [4.78, 5) is 10.5. The topological polar surface area (TPSA) is 35.5 Å². The van der Waals surface area contributed by atoms with E-state index in [1.807, 2.05) is 0 Å². The zero-order chi connectivity index (χ0) is 10.4. The molecule has 0 saturated heterocycles. The molecule has 0 N–H and O–H groups in total. The van der Waals surface area contributed by atoms with E-state index in [0.29, 0.717) is 5.75 Å². The van der Waals surface area contributed by atoms with Gasteiger partial charge in [-0.2, -0.15) is 0 Å². The monoisotopic (exact) mass is 192 g/mol. The maximum Gasteiger partial charge on any atom is 0.155 e. The molecule has 74 valence electrons. The van der Waals surface area contributed by atoms with Crippen LogP contribution in [0.25, 0.3) is 0 Å². The molecule has 0 atom stereocenters.